The maximum atomic E-state index is 12.7. The van der Waals surface area contributed by atoms with Crippen molar-refractivity contribution in [2.45, 2.75) is 33.1 Å². The van der Waals surface area contributed by atoms with Crippen molar-refractivity contribution in [2.24, 2.45) is 17.3 Å². The lowest BCUT2D eigenvalue weighted by atomic mass is 9.80. The number of hydrogen-bond acceptors (Lipinski definition) is 4. The van der Waals surface area contributed by atoms with E-state index in [0.717, 1.165) is 12.8 Å². The highest BCUT2D eigenvalue weighted by Gasteiger charge is 2.39. The first-order valence-corrected chi connectivity index (χ1v) is 8.58. The Hall–Kier alpha value is -1.14. The largest absolute Gasteiger partial charge is 0.396 e. The van der Waals surface area contributed by atoms with E-state index in [1.54, 1.807) is 16.8 Å². The van der Waals surface area contributed by atoms with Crippen LogP contribution < -0.4 is 0 Å². The van der Waals surface area contributed by atoms with Crippen molar-refractivity contribution >= 4 is 11.8 Å². The van der Waals surface area contributed by atoms with Gasteiger partial charge in [-0.3, -0.25) is 9.59 Å². The minimum atomic E-state index is -0.261. The van der Waals surface area contributed by atoms with Gasteiger partial charge in [-0.1, -0.05) is 13.8 Å². The number of carbonyl (C=O) groups is 2. The van der Waals surface area contributed by atoms with Gasteiger partial charge in [-0.15, -0.1) is 0 Å². The third kappa shape index (κ3) is 4.44. The van der Waals surface area contributed by atoms with Crippen LogP contribution in [-0.2, 0) is 14.3 Å². The number of carbonyl (C=O) groups excluding carboxylic acids is 2. The van der Waals surface area contributed by atoms with Gasteiger partial charge in [0.1, 0.15) is 0 Å². The quantitative estimate of drug-likeness (QED) is 0.781. The van der Waals surface area contributed by atoms with Gasteiger partial charge in [-0.2, -0.15) is 0 Å². The molecule has 2 fully saturated rings. The molecule has 0 bridgehead atoms. The number of nitrogens with zero attached hydrogens (tertiary/aromatic N) is 2. The van der Waals surface area contributed by atoms with Gasteiger partial charge in [-0.25, -0.2) is 0 Å². The lowest BCUT2D eigenvalue weighted by molar-refractivity contribution is -0.137. The summed E-state index contributed by atoms with van der Waals surface area (Å²) in [6, 6.07) is 0. The molecule has 0 radical (unpaired) electrons. The molecule has 2 aliphatic heterocycles. The maximum absolute atomic E-state index is 12.7. The molecule has 0 saturated carbocycles. The van der Waals surface area contributed by atoms with Gasteiger partial charge in [0, 0.05) is 51.7 Å². The minimum Gasteiger partial charge on any atom is -0.396 e. The summed E-state index contributed by atoms with van der Waals surface area (Å²) in [7, 11) is 1.78. The molecular weight excluding hydrogens is 296 g/mol. The summed E-state index contributed by atoms with van der Waals surface area (Å²) < 4.78 is 5.37. The van der Waals surface area contributed by atoms with Gasteiger partial charge in [0.15, 0.2) is 0 Å². The first-order chi connectivity index (χ1) is 10.9. The van der Waals surface area contributed by atoms with Crippen LogP contribution in [0.3, 0.4) is 0 Å². The number of ether oxygens (including phenoxy) is 1. The van der Waals surface area contributed by atoms with Crippen LogP contribution in [-0.4, -0.2) is 73.2 Å². The Morgan fingerprint density at radius 3 is 2.65 bits per heavy atom. The Labute approximate surface area is 138 Å². The van der Waals surface area contributed by atoms with Crippen molar-refractivity contribution in [3.05, 3.63) is 0 Å². The van der Waals surface area contributed by atoms with Crippen molar-refractivity contribution in [2.75, 3.05) is 46.5 Å². The van der Waals surface area contributed by atoms with Crippen LogP contribution in [0.15, 0.2) is 0 Å². The normalized spacial score (nSPS) is 24.3. The number of amides is 2. The summed E-state index contributed by atoms with van der Waals surface area (Å²) in [6.45, 7) is 7.24. The van der Waals surface area contributed by atoms with Crippen molar-refractivity contribution in [3.8, 4) is 0 Å². The molecule has 1 atom stereocenters. The van der Waals surface area contributed by atoms with Gasteiger partial charge in [0.25, 0.3) is 0 Å². The fourth-order valence-corrected chi connectivity index (χ4v) is 3.62. The first-order valence-electron chi connectivity index (χ1n) is 8.58. The second-order valence-corrected chi connectivity index (χ2v) is 7.56. The van der Waals surface area contributed by atoms with E-state index in [9.17, 15) is 14.7 Å². The number of hydrogen-bond donors (Lipinski definition) is 1. The molecule has 132 valence electrons. The maximum Gasteiger partial charge on any atom is 0.227 e. The fraction of sp³-hybridized carbons (Fsp3) is 0.882. The van der Waals surface area contributed by atoms with E-state index in [1.165, 1.54) is 0 Å². The SMILES string of the molecule is CC(C)CN1C[C@H](C(=O)N(C)CC2(CO)CCOCC2)CC1=O. The molecule has 6 heteroatoms. The molecule has 2 amide bonds. The van der Waals surface area contributed by atoms with E-state index in [-0.39, 0.29) is 29.8 Å². The van der Waals surface area contributed by atoms with Gasteiger partial charge < -0.3 is 19.6 Å². The molecule has 0 spiro atoms. The molecule has 2 aliphatic rings. The lowest BCUT2D eigenvalue weighted by Gasteiger charge is -2.39. The third-order valence-electron chi connectivity index (χ3n) is 4.99. The van der Waals surface area contributed by atoms with Crippen LogP contribution in [0.5, 0.6) is 0 Å². The molecule has 23 heavy (non-hydrogen) atoms. The molecule has 0 aromatic carbocycles. The Morgan fingerprint density at radius 2 is 2.09 bits per heavy atom. The van der Waals surface area contributed by atoms with Crippen LogP contribution >= 0.6 is 0 Å². The minimum absolute atomic E-state index is 0.0175. The molecule has 0 aliphatic carbocycles. The predicted octanol–water partition coefficient (Wildman–Crippen LogP) is 0.738. The second kappa shape index (κ2) is 7.62. The number of aliphatic hydroxyl groups excluding tert-OH is 1. The zero-order valence-corrected chi connectivity index (χ0v) is 14.6. The van der Waals surface area contributed by atoms with Crippen molar-refractivity contribution < 1.29 is 19.4 Å². The standard InChI is InChI=1S/C17H30N2O4/c1-13(2)9-19-10-14(8-15(19)21)16(22)18(3)11-17(12-20)4-6-23-7-5-17/h13-14,20H,4-12H2,1-3H3/t14-/m1/s1. The topological polar surface area (TPSA) is 70.1 Å². The summed E-state index contributed by atoms with van der Waals surface area (Å²) in [4.78, 5) is 28.3. The summed E-state index contributed by atoms with van der Waals surface area (Å²) in [6.07, 6.45) is 1.85. The average molecular weight is 326 g/mol. The first kappa shape index (κ1) is 18.2. The van der Waals surface area contributed by atoms with E-state index >= 15 is 0 Å². The van der Waals surface area contributed by atoms with E-state index in [0.29, 0.717) is 45.2 Å². The molecule has 6 nitrogen and oxygen atoms in total. The summed E-state index contributed by atoms with van der Waals surface area (Å²) >= 11 is 0. The van der Waals surface area contributed by atoms with E-state index in [4.69, 9.17) is 4.74 Å². The van der Waals surface area contributed by atoms with Crippen LogP contribution in [0.25, 0.3) is 0 Å². The van der Waals surface area contributed by atoms with Crippen LogP contribution in [0.1, 0.15) is 33.1 Å². The molecular formula is C17H30N2O4. The van der Waals surface area contributed by atoms with Crippen molar-refractivity contribution in [1.82, 2.24) is 9.80 Å². The van der Waals surface area contributed by atoms with E-state index in [1.807, 2.05) is 0 Å². The van der Waals surface area contributed by atoms with Crippen LogP contribution in [0, 0.1) is 17.3 Å². The highest BCUT2D eigenvalue weighted by molar-refractivity contribution is 5.89. The smallest absolute Gasteiger partial charge is 0.227 e. The Balaban J connectivity index is 1.93. The zero-order chi connectivity index (χ0) is 17.0. The summed E-state index contributed by atoms with van der Waals surface area (Å²) in [5.74, 6) is 0.254. The molecule has 2 saturated heterocycles. The van der Waals surface area contributed by atoms with Crippen molar-refractivity contribution in [3.63, 3.8) is 0 Å². The number of rotatable bonds is 6. The Bertz CT molecular complexity index is 432. The lowest BCUT2D eigenvalue weighted by Crippen LogP contribution is -2.46. The van der Waals surface area contributed by atoms with Crippen LogP contribution in [0.2, 0.25) is 0 Å². The molecule has 2 heterocycles. The molecule has 0 aromatic rings. The Morgan fingerprint density at radius 1 is 1.43 bits per heavy atom. The highest BCUT2D eigenvalue weighted by Crippen LogP contribution is 2.31. The number of likely N-dealkylation sites (tertiary alicyclic amines) is 1. The molecule has 1 N–H and O–H groups in total. The monoisotopic (exact) mass is 326 g/mol. The molecule has 0 unspecified atom stereocenters. The summed E-state index contributed by atoms with van der Waals surface area (Å²) in [5, 5.41) is 9.76. The number of aliphatic hydroxyl groups is 1. The highest BCUT2D eigenvalue weighted by atomic mass is 16.5. The summed E-state index contributed by atoms with van der Waals surface area (Å²) in [5.41, 5.74) is -0.261. The molecule has 0 aromatic heterocycles. The Kier molecular flexibility index (Phi) is 6.03. The molecule has 2 rings (SSSR count). The fourth-order valence-electron chi connectivity index (χ4n) is 3.62. The predicted molar refractivity (Wildman–Crippen MR) is 86.7 cm³/mol. The average Bonchev–Trinajstić information content (AvgIpc) is 2.87. The zero-order valence-electron chi connectivity index (χ0n) is 14.6. The third-order valence-corrected chi connectivity index (χ3v) is 4.99. The van der Waals surface area contributed by atoms with Crippen LogP contribution in [0.4, 0.5) is 0 Å². The van der Waals surface area contributed by atoms with E-state index in [2.05, 4.69) is 13.8 Å². The van der Waals surface area contributed by atoms with Gasteiger partial charge in [-0.05, 0) is 18.8 Å². The second-order valence-electron chi connectivity index (χ2n) is 7.56. The van der Waals surface area contributed by atoms with Gasteiger partial charge in [0.2, 0.25) is 11.8 Å². The van der Waals surface area contributed by atoms with Gasteiger partial charge >= 0.3 is 0 Å². The van der Waals surface area contributed by atoms with Crippen molar-refractivity contribution in [1.29, 1.82) is 0 Å². The van der Waals surface area contributed by atoms with E-state index < -0.39 is 0 Å². The van der Waals surface area contributed by atoms with Gasteiger partial charge in [0.05, 0.1) is 12.5 Å².